The third-order valence-corrected chi connectivity index (χ3v) is 7.73. The Morgan fingerprint density at radius 1 is 0.925 bits per heavy atom. The number of fused-ring (bicyclic) bond motifs is 1. The molecule has 2 aliphatic rings. The number of halogens is 1. The van der Waals surface area contributed by atoms with Gasteiger partial charge in [-0.05, 0) is 65.1 Å². The third-order valence-electron chi connectivity index (χ3n) is 7.73. The van der Waals surface area contributed by atoms with Crippen LogP contribution in [-0.2, 0) is 19.8 Å². The highest BCUT2D eigenvalue weighted by Gasteiger charge is 2.41. The van der Waals surface area contributed by atoms with Crippen molar-refractivity contribution in [2.24, 2.45) is 0 Å². The minimum atomic E-state index is -1.33. The van der Waals surface area contributed by atoms with Crippen molar-refractivity contribution in [1.82, 2.24) is 0 Å². The van der Waals surface area contributed by atoms with Gasteiger partial charge in [0.05, 0.1) is 17.4 Å². The third kappa shape index (κ3) is 5.41. The average molecular weight is 540 g/mol. The number of carbonyl (C=O) groups excluding carboxylic acids is 3. The maximum absolute atomic E-state index is 14.0. The van der Waals surface area contributed by atoms with Crippen molar-refractivity contribution in [2.75, 3.05) is 10.2 Å². The van der Waals surface area contributed by atoms with Gasteiger partial charge in [-0.25, -0.2) is 4.39 Å². The molecule has 3 aromatic carbocycles. The number of rotatable bonds is 5. The molecule has 0 aromatic heterocycles. The van der Waals surface area contributed by atoms with Crippen LogP contribution in [0.1, 0.15) is 75.1 Å². The molecule has 1 aliphatic carbocycles. The molecule has 206 valence electrons. The lowest BCUT2D eigenvalue weighted by atomic mass is 9.77. The van der Waals surface area contributed by atoms with E-state index in [1.807, 2.05) is 12.1 Å². The van der Waals surface area contributed by atoms with Crippen molar-refractivity contribution >= 4 is 29.0 Å². The fourth-order valence-corrected chi connectivity index (χ4v) is 5.65. The van der Waals surface area contributed by atoms with E-state index in [4.69, 9.17) is 0 Å². The zero-order chi connectivity index (χ0) is 28.6. The van der Waals surface area contributed by atoms with Crippen LogP contribution in [0.15, 0.2) is 84.1 Å². The number of ketones is 1. The molecule has 2 atom stereocenters. The molecule has 0 saturated heterocycles. The standard InChI is InChI=1S/C33H33FN2O4/c1-33(2,3)23-12-8-20(9-13-23)22-18-26-31(28(37)19-22)32(21-10-14-24(34)15-11-21)36(29(38)16-17-30(39)40)27-7-5-4-6-25(27)35-26/h4-15,22,32,35H,16-19H2,1-3H3,(H,39,40)/p-1/t22-,32+/m0/s1. The van der Waals surface area contributed by atoms with E-state index >= 15 is 0 Å². The van der Waals surface area contributed by atoms with Crippen LogP contribution in [0.4, 0.5) is 15.8 Å². The molecule has 6 nitrogen and oxygen atoms in total. The Bertz CT molecular complexity index is 1490. The maximum atomic E-state index is 14.0. The molecular weight excluding hydrogens is 507 g/mol. The van der Waals surface area contributed by atoms with Gasteiger partial charge in [-0.1, -0.05) is 69.3 Å². The van der Waals surface area contributed by atoms with E-state index in [-0.39, 0.29) is 30.0 Å². The van der Waals surface area contributed by atoms with E-state index in [1.54, 1.807) is 24.3 Å². The lowest BCUT2D eigenvalue weighted by Gasteiger charge is -2.35. The number of aliphatic carboxylic acids is 1. The smallest absolute Gasteiger partial charge is 0.228 e. The fourth-order valence-electron chi connectivity index (χ4n) is 5.65. The number of hydrogen-bond acceptors (Lipinski definition) is 5. The number of allylic oxidation sites excluding steroid dienone is 1. The van der Waals surface area contributed by atoms with Crippen LogP contribution in [0, 0.1) is 5.82 Å². The van der Waals surface area contributed by atoms with Crippen molar-refractivity contribution in [3.63, 3.8) is 0 Å². The Hall–Kier alpha value is -4.26. The second-order valence-corrected chi connectivity index (χ2v) is 11.5. The molecule has 0 saturated carbocycles. The van der Waals surface area contributed by atoms with Crippen LogP contribution in [0.25, 0.3) is 0 Å². The number of nitrogens with one attached hydrogen (secondary N) is 1. The van der Waals surface area contributed by atoms with E-state index in [9.17, 15) is 23.9 Å². The first kappa shape index (κ1) is 27.3. The van der Waals surface area contributed by atoms with Crippen LogP contribution in [0.5, 0.6) is 0 Å². The van der Waals surface area contributed by atoms with E-state index in [0.717, 1.165) is 5.56 Å². The predicted molar refractivity (Wildman–Crippen MR) is 150 cm³/mol. The highest BCUT2D eigenvalue weighted by Crippen LogP contribution is 2.47. The SMILES string of the molecule is CC(C)(C)c1ccc([C@@H]2CC(=O)C3=C(C2)Nc2ccccc2N(C(=O)CCC(=O)[O-])[C@@H]3c2ccc(F)cc2)cc1. The maximum Gasteiger partial charge on any atom is 0.228 e. The molecule has 0 bridgehead atoms. The molecular formula is C33H32FN2O4-. The van der Waals surface area contributed by atoms with Crippen molar-refractivity contribution in [3.8, 4) is 0 Å². The van der Waals surface area contributed by atoms with Gasteiger partial charge in [0, 0.05) is 30.1 Å². The van der Waals surface area contributed by atoms with Crippen molar-refractivity contribution in [2.45, 2.75) is 63.8 Å². The minimum absolute atomic E-state index is 0.0121. The van der Waals surface area contributed by atoms with Crippen LogP contribution in [-0.4, -0.2) is 17.7 Å². The summed E-state index contributed by atoms with van der Waals surface area (Å²) in [7, 11) is 0. The molecule has 0 spiro atoms. The monoisotopic (exact) mass is 539 g/mol. The van der Waals surface area contributed by atoms with E-state index < -0.39 is 30.2 Å². The van der Waals surface area contributed by atoms with Crippen LogP contribution < -0.4 is 15.3 Å². The van der Waals surface area contributed by atoms with Gasteiger partial charge in [-0.2, -0.15) is 0 Å². The number of anilines is 2. The number of carboxylic acid groups (broad SMARTS) is 1. The van der Waals surface area contributed by atoms with E-state index in [2.05, 4.69) is 50.4 Å². The number of carbonyl (C=O) groups is 3. The number of nitrogens with zero attached hydrogens (tertiary/aromatic N) is 1. The first-order valence-electron chi connectivity index (χ1n) is 13.5. The number of amides is 1. The first-order chi connectivity index (χ1) is 19.0. The molecule has 1 heterocycles. The van der Waals surface area contributed by atoms with Gasteiger partial charge < -0.3 is 15.2 Å². The normalized spacial score (nSPS) is 18.9. The Balaban J connectivity index is 1.63. The quantitative estimate of drug-likeness (QED) is 0.459. The summed E-state index contributed by atoms with van der Waals surface area (Å²) in [6, 6.07) is 20.5. The van der Waals surface area contributed by atoms with Crippen molar-refractivity contribution < 1.29 is 23.9 Å². The Labute approximate surface area is 233 Å². The number of benzene rings is 3. The van der Waals surface area contributed by atoms with E-state index in [1.165, 1.54) is 22.6 Å². The molecule has 1 aliphatic heterocycles. The molecule has 7 heteroatoms. The second kappa shape index (κ2) is 10.7. The summed E-state index contributed by atoms with van der Waals surface area (Å²) >= 11 is 0. The van der Waals surface area contributed by atoms with Crippen LogP contribution >= 0.6 is 0 Å². The average Bonchev–Trinajstić information content (AvgIpc) is 3.06. The summed E-state index contributed by atoms with van der Waals surface area (Å²) in [5.74, 6) is -2.41. The van der Waals surface area contributed by atoms with Crippen molar-refractivity contribution in [1.29, 1.82) is 0 Å². The first-order valence-corrected chi connectivity index (χ1v) is 13.5. The summed E-state index contributed by atoms with van der Waals surface area (Å²) in [6.45, 7) is 6.48. The van der Waals surface area contributed by atoms with Crippen LogP contribution in [0.3, 0.4) is 0 Å². The van der Waals surface area contributed by atoms with Gasteiger partial charge in [0.25, 0.3) is 0 Å². The largest absolute Gasteiger partial charge is 0.550 e. The molecule has 1 N–H and O–H groups in total. The van der Waals surface area contributed by atoms with E-state index in [0.29, 0.717) is 34.6 Å². The van der Waals surface area contributed by atoms with Gasteiger partial charge in [-0.3, -0.25) is 14.5 Å². The van der Waals surface area contributed by atoms with Crippen molar-refractivity contribution in [3.05, 3.63) is 107 Å². The summed E-state index contributed by atoms with van der Waals surface area (Å²) in [6.07, 6.45) is 0.0506. The lowest BCUT2D eigenvalue weighted by Crippen LogP contribution is -2.39. The van der Waals surface area contributed by atoms with Gasteiger partial charge in [0.1, 0.15) is 5.82 Å². The molecule has 3 aromatic rings. The second-order valence-electron chi connectivity index (χ2n) is 11.5. The Morgan fingerprint density at radius 2 is 1.57 bits per heavy atom. The molecule has 40 heavy (non-hydrogen) atoms. The minimum Gasteiger partial charge on any atom is -0.550 e. The number of hydrogen-bond donors (Lipinski definition) is 1. The summed E-state index contributed by atoms with van der Waals surface area (Å²) in [5.41, 5.74) is 5.15. The zero-order valence-electron chi connectivity index (χ0n) is 22.9. The number of Topliss-reactive ketones (excluding diaryl/α,β-unsaturated/α-hetero) is 1. The van der Waals surface area contributed by atoms with Gasteiger partial charge >= 0.3 is 0 Å². The number of para-hydroxylation sites is 2. The Morgan fingerprint density at radius 3 is 2.23 bits per heavy atom. The fraction of sp³-hybridized carbons (Fsp3) is 0.303. The summed E-state index contributed by atoms with van der Waals surface area (Å²) < 4.78 is 13.9. The predicted octanol–water partition coefficient (Wildman–Crippen LogP) is 5.55. The highest BCUT2D eigenvalue weighted by molar-refractivity contribution is 6.06. The van der Waals surface area contributed by atoms with Gasteiger partial charge in [0.15, 0.2) is 5.78 Å². The van der Waals surface area contributed by atoms with Crippen LogP contribution in [0.2, 0.25) is 0 Å². The zero-order valence-corrected chi connectivity index (χ0v) is 22.9. The topological polar surface area (TPSA) is 89.5 Å². The number of carboxylic acids is 1. The highest BCUT2D eigenvalue weighted by atomic mass is 19.1. The molecule has 5 rings (SSSR count). The molecule has 0 fully saturated rings. The van der Waals surface area contributed by atoms with Gasteiger partial charge in [0.2, 0.25) is 5.91 Å². The summed E-state index contributed by atoms with van der Waals surface area (Å²) in [4.78, 5) is 40.4. The lowest BCUT2D eigenvalue weighted by molar-refractivity contribution is -0.305. The summed E-state index contributed by atoms with van der Waals surface area (Å²) in [5, 5.41) is 14.7. The molecule has 0 unspecified atom stereocenters. The molecule has 0 radical (unpaired) electrons. The van der Waals surface area contributed by atoms with Gasteiger partial charge in [-0.15, -0.1) is 0 Å². The molecule has 1 amide bonds. The Kier molecular flexibility index (Phi) is 7.32.